The van der Waals surface area contributed by atoms with Crippen molar-refractivity contribution in [1.82, 2.24) is 9.71 Å². The quantitative estimate of drug-likeness (QED) is 0.860. The Balaban J connectivity index is 1.90. The number of rotatable bonds is 6. The monoisotopic (exact) mass is 298 g/mol. The van der Waals surface area contributed by atoms with Gasteiger partial charge >= 0.3 is 0 Å². The van der Waals surface area contributed by atoms with Crippen molar-refractivity contribution in [2.24, 2.45) is 0 Å². The molecule has 0 aliphatic heterocycles. The Labute approximate surface area is 117 Å². The topological polar surface area (TPSA) is 62.0 Å². The molecule has 19 heavy (non-hydrogen) atoms. The SMILES string of the molecule is O=S(=O)(Cc1ccccc1Cl)NCCc1cc[nH]c1. The van der Waals surface area contributed by atoms with Crippen molar-refractivity contribution >= 4 is 21.6 Å². The molecular weight excluding hydrogens is 284 g/mol. The molecule has 102 valence electrons. The van der Waals surface area contributed by atoms with E-state index in [-0.39, 0.29) is 5.75 Å². The van der Waals surface area contributed by atoms with Gasteiger partial charge in [0.15, 0.2) is 0 Å². The van der Waals surface area contributed by atoms with Gasteiger partial charge in [-0.05, 0) is 29.7 Å². The van der Waals surface area contributed by atoms with E-state index in [0.29, 0.717) is 23.6 Å². The minimum atomic E-state index is -3.36. The lowest BCUT2D eigenvalue weighted by atomic mass is 10.2. The zero-order valence-electron chi connectivity index (χ0n) is 10.3. The van der Waals surface area contributed by atoms with Crippen LogP contribution in [0.2, 0.25) is 5.02 Å². The summed E-state index contributed by atoms with van der Waals surface area (Å²) in [5, 5.41) is 0.471. The van der Waals surface area contributed by atoms with Crippen molar-refractivity contribution in [1.29, 1.82) is 0 Å². The molecule has 0 saturated heterocycles. The Morgan fingerprint density at radius 2 is 2.00 bits per heavy atom. The number of halogens is 1. The molecule has 2 N–H and O–H groups in total. The van der Waals surface area contributed by atoms with E-state index in [0.717, 1.165) is 5.56 Å². The van der Waals surface area contributed by atoms with Crippen molar-refractivity contribution in [3.8, 4) is 0 Å². The Morgan fingerprint density at radius 1 is 1.21 bits per heavy atom. The molecule has 2 rings (SSSR count). The second-order valence-corrected chi connectivity index (χ2v) is 6.43. The summed E-state index contributed by atoms with van der Waals surface area (Å²) in [4.78, 5) is 2.93. The van der Waals surface area contributed by atoms with Gasteiger partial charge in [0.1, 0.15) is 0 Å². The predicted octanol–water partition coefficient (Wildman–Crippen LogP) is 2.33. The second-order valence-electron chi connectivity index (χ2n) is 4.21. The zero-order chi connectivity index (χ0) is 13.7. The van der Waals surface area contributed by atoms with E-state index in [9.17, 15) is 8.42 Å². The van der Waals surface area contributed by atoms with Crippen molar-refractivity contribution in [2.45, 2.75) is 12.2 Å². The molecule has 1 heterocycles. The molecule has 0 saturated carbocycles. The van der Waals surface area contributed by atoms with Gasteiger partial charge in [-0.1, -0.05) is 29.8 Å². The number of hydrogen-bond acceptors (Lipinski definition) is 2. The lowest BCUT2D eigenvalue weighted by molar-refractivity contribution is 0.581. The second kappa shape index (κ2) is 6.23. The maximum absolute atomic E-state index is 11.9. The summed E-state index contributed by atoms with van der Waals surface area (Å²) in [7, 11) is -3.36. The first kappa shape index (κ1) is 14.1. The van der Waals surface area contributed by atoms with E-state index in [1.54, 1.807) is 24.3 Å². The highest BCUT2D eigenvalue weighted by Crippen LogP contribution is 2.17. The van der Waals surface area contributed by atoms with Crippen LogP contribution in [0.1, 0.15) is 11.1 Å². The fourth-order valence-electron chi connectivity index (χ4n) is 1.74. The highest BCUT2D eigenvalue weighted by molar-refractivity contribution is 7.88. The standard InChI is InChI=1S/C13H15ClN2O2S/c14-13-4-2-1-3-12(13)10-19(17,18)16-8-6-11-5-7-15-9-11/h1-5,7,9,15-16H,6,8,10H2. The molecule has 0 amide bonds. The van der Waals surface area contributed by atoms with Gasteiger partial charge in [0.2, 0.25) is 10.0 Å². The summed E-state index contributed by atoms with van der Waals surface area (Å²) in [5.74, 6) is -0.0974. The van der Waals surface area contributed by atoms with Crippen LogP contribution in [-0.4, -0.2) is 19.9 Å². The summed E-state index contributed by atoms with van der Waals surface area (Å²) in [6, 6.07) is 8.87. The summed E-state index contributed by atoms with van der Waals surface area (Å²) in [6.07, 6.45) is 4.32. The average Bonchev–Trinajstić information content (AvgIpc) is 2.85. The molecule has 2 aromatic rings. The third-order valence-corrected chi connectivity index (χ3v) is 4.41. The van der Waals surface area contributed by atoms with Crippen molar-refractivity contribution in [3.63, 3.8) is 0 Å². The summed E-state index contributed by atoms with van der Waals surface area (Å²) in [5.41, 5.74) is 1.68. The summed E-state index contributed by atoms with van der Waals surface area (Å²) in [6.45, 7) is 0.380. The maximum Gasteiger partial charge on any atom is 0.215 e. The third kappa shape index (κ3) is 4.38. The minimum absolute atomic E-state index is 0.0974. The van der Waals surface area contributed by atoms with Gasteiger partial charge in [-0.15, -0.1) is 0 Å². The molecule has 6 heteroatoms. The first-order chi connectivity index (χ1) is 9.07. The van der Waals surface area contributed by atoms with Gasteiger partial charge in [0.05, 0.1) is 5.75 Å². The Morgan fingerprint density at radius 3 is 2.68 bits per heavy atom. The van der Waals surface area contributed by atoms with Crippen LogP contribution in [0.5, 0.6) is 0 Å². The van der Waals surface area contributed by atoms with Crippen LogP contribution in [0.25, 0.3) is 0 Å². The van der Waals surface area contributed by atoms with Crippen LogP contribution in [0.4, 0.5) is 0 Å². The number of sulfonamides is 1. The van der Waals surface area contributed by atoms with Crippen LogP contribution in [0.15, 0.2) is 42.7 Å². The normalized spacial score (nSPS) is 11.6. The van der Waals surface area contributed by atoms with E-state index in [4.69, 9.17) is 11.6 Å². The van der Waals surface area contributed by atoms with E-state index in [1.165, 1.54) is 0 Å². The fraction of sp³-hybridized carbons (Fsp3) is 0.231. The molecule has 0 spiro atoms. The molecular formula is C13H15ClN2O2S. The largest absolute Gasteiger partial charge is 0.367 e. The molecule has 0 radical (unpaired) electrons. The number of H-pyrrole nitrogens is 1. The summed E-state index contributed by atoms with van der Waals surface area (Å²) < 4.78 is 26.4. The van der Waals surface area contributed by atoms with Gasteiger partial charge in [-0.25, -0.2) is 13.1 Å². The molecule has 1 aromatic carbocycles. The molecule has 0 aliphatic rings. The van der Waals surface area contributed by atoms with Gasteiger partial charge in [-0.3, -0.25) is 0 Å². The van der Waals surface area contributed by atoms with Crippen LogP contribution < -0.4 is 4.72 Å². The Kier molecular flexibility index (Phi) is 4.63. The number of aromatic nitrogens is 1. The number of aromatic amines is 1. The molecule has 0 bridgehead atoms. The predicted molar refractivity (Wildman–Crippen MR) is 76.6 cm³/mol. The maximum atomic E-state index is 11.9. The smallest absolute Gasteiger partial charge is 0.215 e. The fourth-order valence-corrected chi connectivity index (χ4v) is 3.19. The summed E-state index contributed by atoms with van der Waals surface area (Å²) >= 11 is 5.95. The van der Waals surface area contributed by atoms with Gasteiger partial charge in [0.25, 0.3) is 0 Å². The van der Waals surface area contributed by atoms with Gasteiger partial charge in [-0.2, -0.15) is 0 Å². The van der Waals surface area contributed by atoms with Gasteiger partial charge < -0.3 is 4.98 Å². The van der Waals surface area contributed by atoms with Gasteiger partial charge in [0, 0.05) is 24.0 Å². The van der Waals surface area contributed by atoms with E-state index in [1.807, 2.05) is 18.5 Å². The van der Waals surface area contributed by atoms with E-state index >= 15 is 0 Å². The number of hydrogen-bond donors (Lipinski definition) is 2. The molecule has 1 aromatic heterocycles. The van der Waals surface area contributed by atoms with Crippen LogP contribution in [0, 0.1) is 0 Å². The lowest BCUT2D eigenvalue weighted by Crippen LogP contribution is -2.27. The Hall–Kier alpha value is -1.30. The van der Waals surface area contributed by atoms with Crippen LogP contribution >= 0.6 is 11.6 Å². The van der Waals surface area contributed by atoms with Crippen molar-refractivity contribution in [2.75, 3.05) is 6.54 Å². The number of nitrogens with one attached hydrogen (secondary N) is 2. The first-order valence-corrected chi connectivity index (χ1v) is 7.92. The minimum Gasteiger partial charge on any atom is -0.367 e. The van der Waals surface area contributed by atoms with E-state index < -0.39 is 10.0 Å². The highest BCUT2D eigenvalue weighted by Gasteiger charge is 2.12. The molecule has 4 nitrogen and oxygen atoms in total. The highest BCUT2D eigenvalue weighted by atomic mass is 35.5. The molecule has 0 unspecified atom stereocenters. The van der Waals surface area contributed by atoms with Crippen molar-refractivity contribution in [3.05, 3.63) is 58.9 Å². The third-order valence-electron chi connectivity index (χ3n) is 2.70. The van der Waals surface area contributed by atoms with Crippen molar-refractivity contribution < 1.29 is 8.42 Å². The van der Waals surface area contributed by atoms with E-state index in [2.05, 4.69) is 9.71 Å². The first-order valence-electron chi connectivity index (χ1n) is 5.89. The molecule has 0 aliphatic carbocycles. The lowest BCUT2D eigenvalue weighted by Gasteiger charge is -2.07. The zero-order valence-corrected chi connectivity index (χ0v) is 11.8. The number of benzene rings is 1. The van der Waals surface area contributed by atoms with Crippen LogP contribution in [0.3, 0.4) is 0 Å². The van der Waals surface area contributed by atoms with Crippen LogP contribution in [-0.2, 0) is 22.2 Å². The Bertz CT molecular complexity index is 624. The molecule has 0 fully saturated rings. The average molecular weight is 299 g/mol. The molecule has 0 atom stereocenters.